The maximum Gasteiger partial charge on any atom is 0.355 e. The fourth-order valence-corrected chi connectivity index (χ4v) is 5.73. The highest BCUT2D eigenvalue weighted by molar-refractivity contribution is 5.87. The molecule has 160 valence electrons. The van der Waals surface area contributed by atoms with E-state index in [0.717, 1.165) is 38.5 Å². The van der Waals surface area contributed by atoms with Crippen LogP contribution in [0, 0.1) is 22.7 Å². The number of aromatic nitrogens is 1. The number of hydrogen-bond donors (Lipinski definition) is 2. The maximum absolute atomic E-state index is 12.3. The van der Waals surface area contributed by atoms with Crippen LogP contribution >= 0.6 is 0 Å². The second-order valence-electron chi connectivity index (χ2n) is 9.94. The van der Waals surface area contributed by atoms with E-state index in [1.165, 1.54) is 5.57 Å². The van der Waals surface area contributed by atoms with Crippen LogP contribution in [0.2, 0.25) is 0 Å². The third-order valence-corrected chi connectivity index (χ3v) is 8.15. The van der Waals surface area contributed by atoms with Gasteiger partial charge in [-0.1, -0.05) is 32.9 Å². The summed E-state index contributed by atoms with van der Waals surface area (Å²) in [6, 6.07) is 3.55. The molecule has 1 fully saturated rings. The van der Waals surface area contributed by atoms with E-state index < -0.39 is 5.60 Å². The van der Waals surface area contributed by atoms with E-state index in [1.54, 1.807) is 24.4 Å². The van der Waals surface area contributed by atoms with E-state index in [1.807, 2.05) is 6.92 Å². The first-order chi connectivity index (χ1) is 13.6. The standard InChI is InChI=1S/C25H37NO3/c1-6-23(3,28)14-15-24(4)18(2)12-13-25(5)19(9-7-11-21(24)25)17-29-22(27)20-10-8-16-26-20/h6,8-10,16,18,21,26,28H,1,7,11-15,17H2,2-5H3/t18-,21-,23?,24+,25-/m1/s1. The number of rotatable bonds is 7. The van der Waals surface area contributed by atoms with Crippen LogP contribution in [0.5, 0.6) is 0 Å². The normalized spacial score (nSPS) is 33.9. The molecule has 2 aliphatic rings. The van der Waals surface area contributed by atoms with E-state index in [0.29, 0.717) is 24.1 Å². The Balaban J connectivity index is 1.77. The molecule has 0 bridgehead atoms. The highest BCUT2D eigenvalue weighted by Gasteiger charge is 2.54. The van der Waals surface area contributed by atoms with Gasteiger partial charge in [-0.2, -0.15) is 0 Å². The molecule has 3 rings (SSSR count). The molecule has 0 radical (unpaired) electrons. The van der Waals surface area contributed by atoms with Gasteiger partial charge in [0.25, 0.3) is 0 Å². The van der Waals surface area contributed by atoms with Gasteiger partial charge in [0.05, 0.1) is 5.60 Å². The van der Waals surface area contributed by atoms with E-state index in [-0.39, 0.29) is 16.8 Å². The van der Waals surface area contributed by atoms with Gasteiger partial charge in [-0.05, 0) is 85.8 Å². The molecule has 1 unspecified atom stereocenters. The van der Waals surface area contributed by atoms with Gasteiger partial charge in [0.2, 0.25) is 0 Å². The van der Waals surface area contributed by atoms with E-state index in [9.17, 15) is 9.90 Å². The van der Waals surface area contributed by atoms with Crippen molar-refractivity contribution in [3.8, 4) is 0 Å². The number of esters is 1. The van der Waals surface area contributed by atoms with Crippen molar-refractivity contribution in [2.75, 3.05) is 6.61 Å². The first kappa shape index (κ1) is 21.9. The van der Waals surface area contributed by atoms with Crippen LogP contribution < -0.4 is 0 Å². The smallest absolute Gasteiger partial charge is 0.355 e. The molecule has 0 amide bonds. The van der Waals surface area contributed by atoms with Gasteiger partial charge in [0.15, 0.2) is 0 Å². The molecule has 1 aromatic rings. The molecular weight excluding hydrogens is 362 g/mol. The highest BCUT2D eigenvalue weighted by atomic mass is 16.5. The van der Waals surface area contributed by atoms with Crippen LogP contribution in [-0.4, -0.2) is 28.3 Å². The first-order valence-corrected chi connectivity index (χ1v) is 11.0. The molecule has 29 heavy (non-hydrogen) atoms. The zero-order chi connectivity index (χ0) is 21.3. The van der Waals surface area contributed by atoms with Crippen molar-refractivity contribution in [2.45, 2.75) is 71.8 Å². The molecular formula is C25H37NO3. The molecule has 2 aliphatic carbocycles. The van der Waals surface area contributed by atoms with Crippen LogP contribution in [0.4, 0.5) is 0 Å². The van der Waals surface area contributed by atoms with Crippen molar-refractivity contribution in [1.82, 2.24) is 4.98 Å². The summed E-state index contributed by atoms with van der Waals surface area (Å²) in [5.41, 5.74) is 1.12. The fraction of sp³-hybridized carbons (Fsp3) is 0.640. The van der Waals surface area contributed by atoms with Gasteiger partial charge < -0.3 is 14.8 Å². The van der Waals surface area contributed by atoms with Crippen molar-refractivity contribution in [3.63, 3.8) is 0 Å². The Kier molecular flexibility index (Phi) is 6.14. The van der Waals surface area contributed by atoms with Crippen molar-refractivity contribution in [2.24, 2.45) is 22.7 Å². The summed E-state index contributed by atoms with van der Waals surface area (Å²) in [6.45, 7) is 13.1. The average molecular weight is 400 g/mol. The van der Waals surface area contributed by atoms with Crippen LogP contribution in [0.1, 0.15) is 76.7 Å². The topological polar surface area (TPSA) is 62.3 Å². The van der Waals surface area contributed by atoms with Gasteiger partial charge in [-0.3, -0.25) is 0 Å². The number of allylic oxidation sites excluding steroid dienone is 1. The minimum Gasteiger partial charge on any atom is -0.456 e. The Hall–Kier alpha value is -1.81. The summed E-state index contributed by atoms with van der Waals surface area (Å²) in [5, 5.41) is 10.5. The number of aliphatic hydroxyl groups is 1. The van der Waals surface area contributed by atoms with Gasteiger partial charge in [0, 0.05) is 6.20 Å². The number of ether oxygens (including phenoxy) is 1. The lowest BCUT2D eigenvalue weighted by molar-refractivity contribution is -0.0623. The number of carbonyl (C=O) groups excluding carboxylic acids is 1. The van der Waals surface area contributed by atoms with Crippen LogP contribution in [0.15, 0.2) is 42.6 Å². The SMILES string of the molecule is C=CC(C)(O)CC[C@@]1(C)[C@H](C)CC[C@]2(C)C(COC(=O)c3ccc[nH]3)=CCC[C@H]12. The van der Waals surface area contributed by atoms with Crippen molar-refractivity contribution in [3.05, 3.63) is 48.3 Å². The monoisotopic (exact) mass is 399 g/mol. The maximum atomic E-state index is 12.3. The molecule has 4 nitrogen and oxygen atoms in total. The third kappa shape index (κ3) is 4.23. The molecule has 5 atom stereocenters. The number of carbonyl (C=O) groups is 1. The number of H-pyrrole nitrogens is 1. The molecule has 1 heterocycles. The highest BCUT2D eigenvalue weighted by Crippen LogP contribution is 2.62. The molecule has 0 saturated heterocycles. The van der Waals surface area contributed by atoms with Gasteiger partial charge in [0.1, 0.15) is 12.3 Å². The Morgan fingerprint density at radius 1 is 1.45 bits per heavy atom. The van der Waals surface area contributed by atoms with Crippen LogP contribution in [-0.2, 0) is 4.74 Å². The molecule has 0 spiro atoms. The molecule has 0 aromatic carbocycles. The summed E-state index contributed by atoms with van der Waals surface area (Å²) in [7, 11) is 0. The predicted octanol–water partition coefficient (Wildman–Crippen LogP) is 5.67. The predicted molar refractivity (Wildman–Crippen MR) is 117 cm³/mol. The molecule has 1 aromatic heterocycles. The minimum atomic E-state index is -0.824. The van der Waals surface area contributed by atoms with Crippen molar-refractivity contribution < 1.29 is 14.6 Å². The zero-order valence-electron chi connectivity index (χ0n) is 18.5. The fourth-order valence-electron chi connectivity index (χ4n) is 5.73. The number of nitrogens with one attached hydrogen (secondary N) is 1. The lowest BCUT2D eigenvalue weighted by Gasteiger charge is -2.58. The van der Waals surface area contributed by atoms with Crippen LogP contribution in [0.3, 0.4) is 0 Å². The zero-order valence-corrected chi connectivity index (χ0v) is 18.5. The van der Waals surface area contributed by atoms with Gasteiger partial charge >= 0.3 is 5.97 Å². The summed E-state index contributed by atoms with van der Waals surface area (Å²) in [4.78, 5) is 15.2. The Morgan fingerprint density at radius 3 is 2.86 bits per heavy atom. The Labute approximate surface area is 175 Å². The molecule has 4 heteroatoms. The molecule has 2 N–H and O–H groups in total. The summed E-state index contributed by atoms with van der Waals surface area (Å²) >= 11 is 0. The van der Waals surface area contributed by atoms with E-state index >= 15 is 0 Å². The molecule has 1 saturated carbocycles. The minimum absolute atomic E-state index is 0.0373. The summed E-state index contributed by atoms with van der Waals surface area (Å²) in [5.74, 6) is 0.821. The van der Waals surface area contributed by atoms with Crippen LogP contribution in [0.25, 0.3) is 0 Å². The average Bonchev–Trinajstić information content (AvgIpc) is 3.23. The lowest BCUT2D eigenvalue weighted by atomic mass is 9.46. The first-order valence-electron chi connectivity index (χ1n) is 11.0. The quantitative estimate of drug-likeness (QED) is 0.459. The Bertz CT molecular complexity index is 763. The second kappa shape index (κ2) is 8.14. The largest absolute Gasteiger partial charge is 0.456 e. The number of aromatic amines is 1. The van der Waals surface area contributed by atoms with E-state index in [4.69, 9.17) is 4.74 Å². The van der Waals surface area contributed by atoms with E-state index in [2.05, 4.69) is 38.4 Å². The third-order valence-electron chi connectivity index (χ3n) is 8.15. The van der Waals surface area contributed by atoms with Gasteiger partial charge in [-0.15, -0.1) is 6.58 Å². The van der Waals surface area contributed by atoms with Crippen molar-refractivity contribution in [1.29, 1.82) is 0 Å². The summed E-state index contributed by atoms with van der Waals surface area (Å²) in [6.07, 6.45) is 11.9. The Morgan fingerprint density at radius 2 is 2.21 bits per heavy atom. The van der Waals surface area contributed by atoms with Crippen molar-refractivity contribution >= 4 is 5.97 Å². The second-order valence-corrected chi connectivity index (χ2v) is 9.94. The molecule has 0 aliphatic heterocycles. The summed E-state index contributed by atoms with van der Waals surface area (Å²) < 4.78 is 5.67. The number of hydrogen-bond acceptors (Lipinski definition) is 3. The number of fused-ring (bicyclic) bond motifs is 1. The lowest BCUT2D eigenvalue weighted by Crippen LogP contribution is -2.51. The van der Waals surface area contributed by atoms with Gasteiger partial charge in [-0.25, -0.2) is 4.79 Å².